The molecule has 0 aliphatic heterocycles. The number of aromatic amines is 1. The quantitative estimate of drug-likeness (QED) is 0.844. The maximum absolute atomic E-state index is 11.7. The molecule has 2 aromatic rings. The molecule has 0 atom stereocenters. The minimum absolute atomic E-state index is 0.0532. The van der Waals surface area contributed by atoms with Crippen molar-refractivity contribution in [3.05, 3.63) is 57.5 Å². The van der Waals surface area contributed by atoms with Gasteiger partial charge in [-0.3, -0.25) is 9.59 Å². The predicted octanol–water partition coefficient (Wildman–Crippen LogP) is 1.32. The smallest absolute Gasteiger partial charge is 0.266 e. The van der Waals surface area contributed by atoms with Crippen LogP contribution in [0.15, 0.2) is 35.1 Å². The Morgan fingerprint density at radius 1 is 1.32 bits per heavy atom. The number of nitrogens with two attached hydrogens (primary N) is 1. The van der Waals surface area contributed by atoms with Crippen LogP contribution in [-0.4, -0.2) is 10.9 Å². The van der Waals surface area contributed by atoms with Gasteiger partial charge in [-0.2, -0.15) is 5.26 Å². The lowest BCUT2D eigenvalue weighted by Gasteiger charge is -2.05. The van der Waals surface area contributed by atoms with E-state index in [-0.39, 0.29) is 5.56 Å². The molecule has 1 amide bonds. The first-order valence-corrected chi connectivity index (χ1v) is 5.57. The first-order chi connectivity index (χ1) is 9.02. The predicted molar refractivity (Wildman–Crippen MR) is 70.5 cm³/mol. The third-order valence-electron chi connectivity index (χ3n) is 2.76. The molecule has 0 unspecified atom stereocenters. The minimum atomic E-state index is -0.519. The summed E-state index contributed by atoms with van der Waals surface area (Å²) in [7, 11) is 0. The average molecular weight is 253 g/mol. The number of aromatic nitrogens is 1. The number of hydrogen-bond acceptors (Lipinski definition) is 3. The Bertz CT molecular complexity index is 737. The van der Waals surface area contributed by atoms with Crippen molar-refractivity contribution in [2.75, 3.05) is 0 Å². The fourth-order valence-electron chi connectivity index (χ4n) is 1.84. The van der Waals surface area contributed by atoms with Crippen molar-refractivity contribution in [1.29, 1.82) is 5.26 Å². The SMILES string of the molecule is Cc1cc(-c2ccc(C(N)=O)cc2)c(C#N)c(=O)[nH]1. The maximum Gasteiger partial charge on any atom is 0.266 e. The number of rotatable bonds is 2. The van der Waals surface area contributed by atoms with E-state index in [1.807, 2.05) is 6.07 Å². The zero-order valence-electron chi connectivity index (χ0n) is 10.2. The van der Waals surface area contributed by atoms with Gasteiger partial charge in [0.25, 0.3) is 5.56 Å². The normalized spacial score (nSPS) is 9.89. The van der Waals surface area contributed by atoms with E-state index >= 15 is 0 Å². The molecule has 1 heterocycles. The second-order valence-electron chi connectivity index (χ2n) is 4.12. The number of benzene rings is 1. The summed E-state index contributed by atoms with van der Waals surface area (Å²) in [6.07, 6.45) is 0. The van der Waals surface area contributed by atoms with Crippen LogP contribution in [0.3, 0.4) is 0 Å². The lowest BCUT2D eigenvalue weighted by atomic mass is 10.00. The number of primary amides is 1. The van der Waals surface area contributed by atoms with Gasteiger partial charge in [0.05, 0.1) is 0 Å². The van der Waals surface area contributed by atoms with Crippen LogP contribution >= 0.6 is 0 Å². The monoisotopic (exact) mass is 253 g/mol. The zero-order chi connectivity index (χ0) is 14.0. The van der Waals surface area contributed by atoms with Gasteiger partial charge in [0.15, 0.2) is 0 Å². The van der Waals surface area contributed by atoms with Crippen LogP contribution in [0.2, 0.25) is 0 Å². The van der Waals surface area contributed by atoms with E-state index in [4.69, 9.17) is 11.0 Å². The molecule has 0 fully saturated rings. The summed E-state index contributed by atoms with van der Waals surface area (Å²) in [6, 6.07) is 10.1. The molecule has 5 nitrogen and oxygen atoms in total. The molecule has 0 aliphatic carbocycles. The highest BCUT2D eigenvalue weighted by Gasteiger charge is 2.10. The lowest BCUT2D eigenvalue weighted by Crippen LogP contribution is -2.13. The second-order valence-corrected chi connectivity index (χ2v) is 4.12. The number of nitrogens with zero attached hydrogens (tertiary/aromatic N) is 1. The summed E-state index contributed by atoms with van der Waals surface area (Å²) >= 11 is 0. The molecule has 2 rings (SSSR count). The van der Waals surface area contributed by atoms with E-state index in [1.54, 1.807) is 37.3 Å². The molecule has 0 saturated carbocycles. The minimum Gasteiger partial charge on any atom is -0.366 e. The van der Waals surface area contributed by atoms with E-state index in [1.165, 1.54) is 0 Å². The summed E-state index contributed by atoms with van der Waals surface area (Å²) in [5.74, 6) is -0.519. The molecule has 1 aromatic heterocycles. The number of hydrogen-bond donors (Lipinski definition) is 2. The summed E-state index contributed by atoms with van der Waals surface area (Å²) in [4.78, 5) is 25.3. The number of aryl methyl sites for hydroxylation is 1. The van der Waals surface area contributed by atoms with E-state index < -0.39 is 11.5 Å². The van der Waals surface area contributed by atoms with E-state index in [0.717, 1.165) is 0 Å². The Balaban J connectivity index is 2.62. The molecule has 0 saturated heterocycles. The summed E-state index contributed by atoms with van der Waals surface area (Å²) in [5.41, 5.74) is 7.07. The number of carbonyl (C=O) groups excluding carboxylic acids is 1. The third kappa shape index (κ3) is 2.38. The van der Waals surface area contributed by atoms with Crippen molar-refractivity contribution in [2.45, 2.75) is 6.92 Å². The number of carbonyl (C=O) groups is 1. The van der Waals surface area contributed by atoms with Gasteiger partial charge in [0.2, 0.25) is 5.91 Å². The standard InChI is InChI=1S/C14H11N3O2/c1-8-6-11(12(7-15)14(19)17-8)9-2-4-10(5-3-9)13(16)18/h2-6H,1H3,(H2,16,18)(H,17,19). The van der Waals surface area contributed by atoms with Gasteiger partial charge < -0.3 is 10.7 Å². The Labute approximate surface area is 109 Å². The Kier molecular flexibility index (Phi) is 3.17. The average Bonchev–Trinajstić information content (AvgIpc) is 2.38. The van der Waals surface area contributed by atoms with Gasteiger partial charge >= 0.3 is 0 Å². The molecular formula is C14H11N3O2. The van der Waals surface area contributed by atoms with Crippen molar-refractivity contribution in [3.8, 4) is 17.2 Å². The molecule has 0 spiro atoms. The summed E-state index contributed by atoms with van der Waals surface area (Å²) in [6.45, 7) is 1.74. The van der Waals surface area contributed by atoms with Crippen LogP contribution in [0.25, 0.3) is 11.1 Å². The van der Waals surface area contributed by atoms with Crippen molar-refractivity contribution in [3.63, 3.8) is 0 Å². The molecule has 5 heteroatoms. The third-order valence-corrected chi connectivity index (χ3v) is 2.76. The first kappa shape index (κ1) is 12.6. The molecule has 1 aromatic carbocycles. The van der Waals surface area contributed by atoms with E-state index in [9.17, 15) is 9.59 Å². The molecule has 0 aliphatic rings. The van der Waals surface area contributed by atoms with Crippen LogP contribution < -0.4 is 11.3 Å². The fourth-order valence-corrected chi connectivity index (χ4v) is 1.84. The van der Waals surface area contributed by atoms with Crippen molar-refractivity contribution < 1.29 is 4.79 Å². The second kappa shape index (κ2) is 4.78. The van der Waals surface area contributed by atoms with Crippen LogP contribution in [0.5, 0.6) is 0 Å². The molecule has 19 heavy (non-hydrogen) atoms. The lowest BCUT2D eigenvalue weighted by molar-refractivity contribution is 0.100. The topological polar surface area (TPSA) is 99.7 Å². The first-order valence-electron chi connectivity index (χ1n) is 5.57. The number of pyridine rings is 1. The molecular weight excluding hydrogens is 242 g/mol. The van der Waals surface area contributed by atoms with E-state index in [0.29, 0.717) is 22.4 Å². The van der Waals surface area contributed by atoms with Crippen molar-refractivity contribution in [2.24, 2.45) is 5.73 Å². The number of amides is 1. The maximum atomic E-state index is 11.7. The molecule has 0 bridgehead atoms. The van der Waals surface area contributed by atoms with Crippen LogP contribution in [0, 0.1) is 18.3 Å². The van der Waals surface area contributed by atoms with Crippen molar-refractivity contribution >= 4 is 5.91 Å². The largest absolute Gasteiger partial charge is 0.366 e. The van der Waals surface area contributed by atoms with Gasteiger partial charge in [-0.05, 0) is 30.7 Å². The molecule has 0 radical (unpaired) electrons. The number of nitrogens with one attached hydrogen (secondary N) is 1. The van der Waals surface area contributed by atoms with Crippen molar-refractivity contribution in [1.82, 2.24) is 4.98 Å². The van der Waals surface area contributed by atoms with Gasteiger partial charge in [-0.25, -0.2) is 0 Å². The van der Waals surface area contributed by atoms with Gasteiger partial charge in [-0.1, -0.05) is 12.1 Å². The van der Waals surface area contributed by atoms with Crippen LogP contribution in [0.4, 0.5) is 0 Å². The highest BCUT2D eigenvalue weighted by molar-refractivity contribution is 5.93. The Hall–Kier alpha value is -2.87. The zero-order valence-corrected chi connectivity index (χ0v) is 10.2. The number of H-pyrrole nitrogens is 1. The number of nitriles is 1. The summed E-state index contributed by atoms with van der Waals surface area (Å²) in [5, 5.41) is 9.05. The van der Waals surface area contributed by atoms with Crippen LogP contribution in [0.1, 0.15) is 21.6 Å². The highest BCUT2D eigenvalue weighted by Crippen LogP contribution is 2.22. The Morgan fingerprint density at radius 3 is 2.47 bits per heavy atom. The van der Waals surface area contributed by atoms with Gasteiger partial charge in [-0.15, -0.1) is 0 Å². The summed E-state index contributed by atoms with van der Waals surface area (Å²) < 4.78 is 0. The fraction of sp³-hybridized carbons (Fsp3) is 0.0714. The van der Waals surface area contributed by atoms with Gasteiger partial charge in [0.1, 0.15) is 11.6 Å². The molecule has 94 valence electrons. The van der Waals surface area contributed by atoms with Crippen LogP contribution in [-0.2, 0) is 0 Å². The molecule has 3 N–H and O–H groups in total. The Morgan fingerprint density at radius 2 is 1.95 bits per heavy atom. The van der Waals surface area contributed by atoms with E-state index in [2.05, 4.69) is 4.98 Å². The van der Waals surface area contributed by atoms with Gasteiger partial charge in [0, 0.05) is 16.8 Å². The highest BCUT2D eigenvalue weighted by atomic mass is 16.1.